The molecule has 0 N–H and O–H groups in total. The highest BCUT2D eigenvalue weighted by molar-refractivity contribution is 5.95. The van der Waals surface area contributed by atoms with E-state index in [-0.39, 0.29) is 11.7 Å². The van der Waals surface area contributed by atoms with E-state index in [4.69, 9.17) is 9.68 Å². The van der Waals surface area contributed by atoms with Crippen molar-refractivity contribution in [2.75, 3.05) is 26.2 Å². The topological polar surface area (TPSA) is 60.5 Å². The summed E-state index contributed by atoms with van der Waals surface area (Å²) in [4.78, 5) is 16.3. The highest BCUT2D eigenvalue weighted by atomic mass is 19.1. The molecule has 0 spiro atoms. The Morgan fingerprint density at radius 3 is 2.62 bits per heavy atom. The first-order chi connectivity index (χ1) is 11.6. The van der Waals surface area contributed by atoms with E-state index in [0.717, 1.165) is 0 Å². The van der Waals surface area contributed by atoms with Crippen molar-refractivity contribution in [2.45, 2.75) is 13.5 Å². The van der Waals surface area contributed by atoms with Gasteiger partial charge >= 0.3 is 0 Å². The van der Waals surface area contributed by atoms with Crippen LogP contribution in [-0.4, -0.2) is 41.9 Å². The van der Waals surface area contributed by atoms with Crippen LogP contribution >= 0.6 is 0 Å². The molecular weight excluding hydrogens is 309 g/mol. The van der Waals surface area contributed by atoms with Gasteiger partial charge in [0.1, 0.15) is 11.6 Å². The van der Waals surface area contributed by atoms with Gasteiger partial charge in [0.25, 0.3) is 5.91 Å². The van der Waals surface area contributed by atoms with Crippen LogP contribution < -0.4 is 0 Å². The van der Waals surface area contributed by atoms with Crippen molar-refractivity contribution in [3.63, 3.8) is 0 Å². The van der Waals surface area contributed by atoms with Crippen molar-refractivity contribution < 1.29 is 13.6 Å². The van der Waals surface area contributed by atoms with E-state index < -0.39 is 0 Å². The van der Waals surface area contributed by atoms with Gasteiger partial charge in [-0.3, -0.25) is 9.69 Å². The van der Waals surface area contributed by atoms with E-state index >= 15 is 0 Å². The lowest BCUT2D eigenvalue weighted by Crippen LogP contribution is -2.48. The zero-order chi connectivity index (χ0) is 17.1. The molecule has 0 atom stereocenters. The molecule has 1 amide bonds. The van der Waals surface area contributed by atoms with Crippen LogP contribution in [0.1, 0.15) is 27.2 Å². The monoisotopic (exact) mass is 327 g/mol. The number of carbonyl (C=O) groups is 1. The summed E-state index contributed by atoms with van der Waals surface area (Å²) in [6, 6.07) is 8.16. The van der Waals surface area contributed by atoms with Crippen molar-refractivity contribution in [3.05, 3.63) is 58.8 Å². The Balaban J connectivity index is 1.59. The minimum atomic E-state index is -0.360. The quantitative estimate of drug-likeness (QED) is 0.869. The molecule has 2 aromatic rings. The molecule has 2 heterocycles. The molecule has 1 aliphatic heterocycles. The molecule has 1 aliphatic rings. The first-order valence-corrected chi connectivity index (χ1v) is 7.82. The molecule has 0 saturated carbocycles. The SMILES string of the molecule is Cc1occc1C(=O)N1CCN(Cc2ccc(C#N)cc2F)CC1. The minimum absolute atomic E-state index is 0.0227. The Bertz CT molecular complexity index is 786. The van der Waals surface area contributed by atoms with Crippen LogP contribution in [0.5, 0.6) is 0 Å². The van der Waals surface area contributed by atoms with Crippen molar-refractivity contribution in [1.82, 2.24) is 9.80 Å². The fourth-order valence-corrected chi connectivity index (χ4v) is 2.87. The fourth-order valence-electron chi connectivity index (χ4n) is 2.87. The van der Waals surface area contributed by atoms with Crippen LogP contribution in [0, 0.1) is 24.1 Å². The predicted octanol–water partition coefficient (Wildman–Crippen LogP) is 2.56. The molecule has 24 heavy (non-hydrogen) atoms. The minimum Gasteiger partial charge on any atom is -0.469 e. The van der Waals surface area contributed by atoms with Gasteiger partial charge in [0.15, 0.2) is 0 Å². The maximum Gasteiger partial charge on any atom is 0.257 e. The first kappa shape index (κ1) is 16.2. The zero-order valence-corrected chi connectivity index (χ0v) is 13.5. The van der Waals surface area contributed by atoms with E-state index in [1.807, 2.05) is 6.07 Å². The third-order valence-electron chi connectivity index (χ3n) is 4.32. The molecule has 1 fully saturated rings. The summed E-state index contributed by atoms with van der Waals surface area (Å²) in [5, 5.41) is 8.78. The predicted molar refractivity (Wildman–Crippen MR) is 85.7 cm³/mol. The van der Waals surface area contributed by atoms with Gasteiger partial charge in [0, 0.05) is 38.3 Å². The van der Waals surface area contributed by atoms with Gasteiger partial charge in [0.2, 0.25) is 0 Å². The highest BCUT2D eigenvalue weighted by Crippen LogP contribution is 2.17. The average Bonchev–Trinajstić information content (AvgIpc) is 3.02. The van der Waals surface area contributed by atoms with Gasteiger partial charge in [-0.25, -0.2) is 4.39 Å². The molecule has 124 valence electrons. The van der Waals surface area contributed by atoms with E-state index in [2.05, 4.69) is 4.90 Å². The largest absolute Gasteiger partial charge is 0.469 e. The van der Waals surface area contributed by atoms with Gasteiger partial charge < -0.3 is 9.32 Å². The fraction of sp³-hybridized carbons (Fsp3) is 0.333. The maximum atomic E-state index is 14.0. The third kappa shape index (κ3) is 3.31. The molecular formula is C18H18FN3O2. The molecule has 1 aromatic heterocycles. The van der Waals surface area contributed by atoms with Crippen molar-refractivity contribution >= 4 is 5.91 Å². The standard InChI is InChI=1S/C18H18FN3O2/c1-13-16(4-9-24-13)18(23)22-7-5-21(6-8-22)12-15-3-2-14(11-20)10-17(15)19/h2-4,9-10H,5-8,12H2,1H3. The second-order valence-electron chi connectivity index (χ2n) is 5.88. The normalized spacial score (nSPS) is 15.3. The number of rotatable bonds is 3. The summed E-state index contributed by atoms with van der Waals surface area (Å²) >= 11 is 0. The summed E-state index contributed by atoms with van der Waals surface area (Å²) in [6.07, 6.45) is 1.52. The van der Waals surface area contributed by atoms with Crippen molar-refractivity contribution in [1.29, 1.82) is 5.26 Å². The zero-order valence-electron chi connectivity index (χ0n) is 13.5. The van der Waals surface area contributed by atoms with E-state index in [1.54, 1.807) is 30.0 Å². The maximum absolute atomic E-state index is 14.0. The van der Waals surface area contributed by atoms with Gasteiger partial charge in [-0.1, -0.05) is 6.07 Å². The molecule has 1 aromatic carbocycles. The number of nitriles is 1. The molecule has 1 saturated heterocycles. The summed E-state index contributed by atoms with van der Waals surface area (Å²) < 4.78 is 19.2. The number of hydrogen-bond donors (Lipinski definition) is 0. The lowest BCUT2D eigenvalue weighted by molar-refractivity contribution is 0.0625. The van der Waals surface area contributed by atoms with Gasteiger partial charge in [-0.15, -0.1) is 0 Å². The number of halogens is 1. The number of benzene rings is 1. The third-order valence-corrected chi connectivity index (χ3v) is 4.32. The Morgan fingerprint density at radius 1 is 1.29 bits per heavy atom. The van der Waals surface area contributed by atoms with E-state index in [1.165, 1.54) is 12.3 Å². The summed E-state index contributed by atoms with van der Waals surface area (Å²) in [7, 11) is 0. The van der Waals surface area contributed by atoms with Crippen LogP contribution in [0.3, 0.4) is 0 Å². The number of carbonyl (C=O) groups excluding carboxylic acids is 1. The molecule has 3 rings (SSSR count). The Kier molecular flexibility index (Phi) is 4.63. The van der Waals surface area contributed by atoms with Gasteiger partial charge in [-0.2, -0.15) is 5.26 Å². The number of nitrogens with zero attached hydrogens (tertiary/aromatic N) is 3. The summed E-state index contributed by atoms with van der Waals surface area (Å²) in [5.41, 5.74) is 1.49. The smallest absolute Gasteiger partial charge is 0.257 e. The lowest BCUT2D eigenvalue weighted by Gasteiger charge is -2.34. The number of piperazine rings is 1. The second-order valence-corrected chi connectivity index (χ2v) is 5.88. The first-order valence-electron chi connectivity index (χ1n) is 7.82. The molecule has 0 bridgehead atoms. The number of hydrogen-bond acceptors (Lipinski definition) is 4. The van der Waals surface area contributed by atoms with Gasteiger partial charge in [-0.05, 0) is 25.1 Å². The molecule has 6 heteroatoms. The van der Waals surface area contributed by atoms with Crippen LogP contribution in [0.25, 0.3) is 0 Å². The number of furan rings is 1. The second kappa shape index (κ2) is 6.85. The number of amides is 1. The summed E-state index contributed by atoms with van der Waals surface area (Å²) in [6.45, 7) is 4.81. The van der Waals surface area contributed by atoms with E-state index in [0.29, 0.717) is 55.2 Å². The Morgan fingerprint density at radius 2 is 2.04 bits per heavy atom. The lowest BCUT2D eigenvalue weighted by atomic mass is 10.1. The van der Waals surface area contributed by atoms with Crippen LogP contribution in [0.2, 0.25) is 0 Å². The van der Waals surface area contributed by atoms with Gasteiger partial charge in [0.05, 0.1) is 23.5 Å². The molecule has 0 radical (unpaired) electrons. The summed E-state index contributed by atoms with van der Waals surface area (Å²) in [5.74, 6) is 0.245. The Labute approximate surface area is 139 Å². The Hall–Kier alpha value is -2.65. The van der Waals surface area contributed by atoms with E-state index in [9.17, 15) is 9.18 Å². The van der Waals surface area contributed by atoms with Crippen molar-refractivity contribution in [3.8, 4) is 6.07 Å². The van der Waals surface area contributed by atoms with Crippen LogP contribution in [0.15, 0.2) is 34.9 Å². The molecule has 0 aliphatic carbocycles. The van der Waals surface area contributed by atoms with Crippen LogP contribution in [0.4, 0.5) is 4.39 Å². The molecule has 0 unspecified atom stereocenters. The number of aryl methyl sites for hydroxylation is 1. The molecule has 5 nitrogen and oxygen atoms in total. The van der Waals surface area contributed by atoms with Crippen LogP contribution in [-0.2, 0) is 6.54 Å². The average molecular weight is 327 g/mol. The van der Waals surface area contributed by atoms with Crippen molar-refractivity contribution in [2.24, 2.45) is 0 Å². The highest BCUT2D eigenvalue weighted by Gasteiger charge is 2.24.